The highest BCUT2D eigenvalue weighted by molar-refractivity contribution is 6.28. The number of amides is 1. The fourth-order valence-electron chi connectivity index (χ4n) is 1.51. The van der Waals surface area contributed by atoms with Gasteiger partial charge in [0.15, 0.2) is 0 Å². The fourth-order valence-corrected chi connectivity index (χ4v) is 1.60. The van der Waals surface area contributed by atoms with E-state index in [1.165, 1.54) is 11.8 Å². The maximum absolute atomic E-state index is 11.3. The second-order valence-corrected chi connectivity index (χ2v) is 4.17. The Morgan fingerprint density at radius 3 is 2.56 bits per heavy atom. The molecule has 6 nitrogen and oxygen atoms in total. The largest absolute Gasteiger partial charge is 0.313 e. The zero-order valence-electron chi connectivity index (χ0n) is 10.3. The monoisotopic (exact) mass is 265 g/mol. The lowest BCUT2D eigenvalue weighted by atomic mass is 10.3. The third kappa shape index (κ3) is 2.33. The molecule has 0 radical (unpaired) electrons. The number of aryl methyl sites for hydroxylation is 1. The van der Waals surface area contributed by atoms with Crippen molar-refractivity contribution < 1.29 is 4.79 Å². The fraction of sp³-hybridized carbons (Fsp3) is 0.273. The van der Waals surface area contributed by atoms with Crippen LogP contribution in [0.3, 0.4) is 0 Å². The number of hydrogen-bond donors (Lipinski definition) is 0. The van der Waals surface area contributed by atoms with Crippen LogP contribution >= 0.6 is 11.6 Å². The molecule has 18 heavy (non-hydrogen) atoms. The molecule has 0 aromatic carbocycles. The lowest BCUT2D eigenvalue weighted by molar-refractivity contribution is -0.116. The van der Waals surface area contributed by atoms with Gasteiger partial charge in [-0.25, -0.2) is 14.6 Å². The molecule has 0 saturated carbocycles. The summed E-state index contributed by atoms with van der Waals surface area (Å²) in [6.07, 6.45) is 4.89. The molecule has 1 amide bonds. The van der Waals surface area contributed by atoms with Crippen LogP contribution in [0, 0.1) is 6.92 Å². The van der Waals surface area contributed by atoms with Gasteiger partial charge in [-0.15, -0.1) is 0 Å². The maximum Gasteiger partial charge on any atom is 0.223 e. The molecule has 2 aromatic rings. The van der Waals surface area contributed by atoms with Gasteiger partial charge in [0, 0.05) is 14.0 Å². The first-order valence-electron chi connectivity index (χ1n) is 5.27. The summed E-state index contributed by atoms with van der Waals surface area (Å²) >= 11 is 5.62. The first-order valence-corrected chi connectivity index (χ1v) is 5.65. The average Bonchev–Trinajstić information content (AvgIpc) is 2.71. The van der Waals surface area contributed by atoms with Crippen LogP contribution in [0.15, 0.2) is 18.6 Å². The smallest absolute Gasteiger partial charge is 0.223 e. The minimum Gasteiger partial charge on any atom is -0.313 e. The summed E-state index contributed by atoms with van der Waals surface area (Å²) in [7, 11) is 1.70. The molecule has 94 valence electrons. The molecule has 0 aliphatic heterocycles. The number of nitrogens with zero attached hydrogens (tertiary/aromatic N) is 5. The van der Waals surface area contributed by atoms with Crippen molar-refractivity contribution in [3.05, 3.63) is 29.6 Å². The normalized spacial score (nSPS) is 10.4. The lowest BCUT2D eigenvalue weighted by Crippen LogP contribution is -2.22. The van der Waals surface area contributed by atoms with Crippen LogP contribution in [0.25, 0.3) is 5.69 Å². The van der Waals surface area contributed by atoms with Gasteiger partial charge < -0.3 is 4.90 Å². The number of carbonyl (C=O) groups is 1. The number of anilines is 1. The van der Waals surface area contributed by atoms with Crippen LogP contribution in [0.2, 0.25) is 5.28 Å². The summed E-state index contributed by atoms with van der Waals surface area (Å²) in [5.74, 6) is -0.0509. The van der Waals surface area contributed by atoms with Crippen molar-refractivity contribution in [3.8, 4) is 5.69 Å². The van der Waals surface area contributed by atoms with Crippen LogP contribution in [0.1, 0.15) is 12.6 Å². The molecule has 0 atom stereocenters. The van der Waals surface area contributed by atoms with Gasteiger partial charge >= 0.3 is 0 Å². The standard InChI is InChI=1S/C11H12ClN5O/c1-7-10(16(3)8(2)18)6-17(15-7)9-4-13-11(12)14-5-9/h4-6H,1-3H3. The van der Waals surface area contributed by atoms with Gasteiger partial charge in [0.2, 0.25) is 11.2 Å². The predicted octanol–water partition coefficient (Wildman–Crippen LogP) is 1.61. The summed E-state index contributed by atoms with van der Waals surface area (Å²) < 4.78 is 1.61. The Labute approximate surface area is 109 Å². The van der Waals surface area contributed by atoms with Crippen LogP contribution in [-0.2, 0) is 4.79 Å². The van der Waals surface area contributed by atoms with Gasteiger partial charge in [0.1, 0.15) is 5.69 Å². The van der Waals surface area contributed by atoms with E-state index in [1.54, 1.807) is 30.3 Å². The molecule has 0 N–H and O–H groups in total. The first-order chi connectivity index (χ1) is 8.49. The van der Waals surface area contributed by atoms with Crippen molar-refractivity contribution in [3.63, 3.8) is 0 Å². The van der Waals surface area contributed by atoms with Gasteiger partial charge in [-0.3, -0.25) is 4.79 Å². The SMILES string of the molecule is CC(=O)N(C)c1cn(-c2cnc(Cl)nc2)nc1C. The van der Waals surface area contributed by atoms with Crippen LogP contribution in [0.4, 0.5) is 5.69 Å². The quantitative estimate of drug-likeness (QED) is 0.774. The first kappa shape index (κ1) is 12.5. The van der Waals surface area contributed by atoms with E-state index in [-0.39, 0.29) is 11.2 Å². The van der Waals surface area contributed by atoms with Crippen molar-refractivity contribution >= 4 is 23.2 Å². The molecule has 0 fully saturated rings. The average molecular weight is 266 g/mol. The van der Waals surface area contributed by atoms with E-state index in [9.17, 15) is 4.79 Å². The Morgan fingerprint density at radius 2 is 2.00 bits per heavy atom. The Balaban J connectivity index is 2.40. The summed E-state index contributed by atoms with van der Waals surface area (Å²) in [6.45, 7) is 3.34. The van der Waals surface area contributed by atoms with Gasteiger partial charge in [0.25, 0.3) is 0 Å². The van der Waals surface area contributed by atoms with E-state index < -0.39 is 0 Å². The van der Waals surface area contributed by atoms with Crippen molar-refractivity contribution in [2.45, 2.75) is 13.8 Å². The number of carbonyl (C=O) groups excluding carboxylic acids is 1. The van der Waals surface area contributed by atoms with Gasteiger partial charge in [-0.2, -0.15) is 5.10 Å². The Kier molecular flexibility index (Phi) is 3.29. The summed E-state index contributed by atoms with van der Waals surface area (Å²) in [5, 5.41) is 4.50. The molecule has 0 saturated heterocycles. The molecule has 7 heteroatoms. The Morgan fingerprint density at radius 1 is 1.39 bits per heavy atom. The Bertz CT molecular complexity index is 578. The van der Waals surface area contributed by atoms with Crippen molar-refractivity contribution in [2.75, 3.05) is 11.9 Å². The zero-order chi connectivity index (χ0) is 13.3. The predicted molar refractivity (Wildman–Crippen MR) is 68.0 cm³/mol. The van der Waals surface area contributed by atoms with Crippen LogP contribution < -0.4 is 4.90 Å². The van der Waals surface area contributed by atoms with E-state index >= 15 is 0 Å². The molecule has 0 aliphatic carbocycles. The van der Waals surface area contributed by atoms with E-state index in [4.69, 9.17) is 11.6 Å². The molecular weight excluding hydrogens is 254 g/mol. The maximum atomic E-state index is 11.3. The van der Waals surface area contributed by atoms with E-state index in [2.05, 4.69) is 15.1 Å². The summed E-state index contributed by atoms with van der Waals surface area (Å²) in [6, 6.07) is 0. The molecule has 0 bridgehead atoms. The Hall–Kier alpha value is -1.95. The molecule has 2 heterocycles. The third-order valence-corrected chi connectivity index (χ3v) is 2.77. The van der Waals surface area contributed by atoms with Crippen LogP contribution in [0.5, 0.6) is 0 Å². The lowest BCUT2D eigenvalue weighted by Gasteiger charge is -2.12. The molecule has 2 aromatic heterocycles. The number of hydrogen-bond acceptors (Lipinski definition) is 4. The second kappa shape index (κ2) is 4.73. The third-order valence-electron chi connectivity index (χ3n) is 2.58. The molecule has 0 spiro atoms. The highest BCUT2D eigenvalue weighted by Crippen LogP contribution is 2.19. The number of aromatic nitrogens is 4. The van der Waals surface area contributed by atoms with Gasteiger partial charge in [-0.1, -0.05) is 0 Å². The zero-order valence-corrected chi connectivity index (χ0v) is 11.0. The highest BCUT2D eigenvalue weighted by Gasteiger charge is 2.13. The molecule has 0 aliphatic rings. The van der Waals surface area contributed by atoms with Crippen LogP contribution in [-0.4, -0.2) is 32.7 Å². The molecule has 0 unspecified atom stereocenters. The van der Waals surface area contributed by atoms with Gasteiger partial charge in [-0.05, 0) is 18.5 Å². The number of halogens is 1. The van der Waals surface area contributed by atoms with E-state index in [0.29, 0.717) is 5.69 Å². The van der Waals surface area contributed by atoms with E-state index in [0.717, 1.165) is 11.4 Å². The molecule has 2 rings (SSSR count). The number of rotatable bonds is 2. The highest BCUT2D eigenvalue weighted by atomic mass is 35.5. The summed E-state index contributed by atoms with van der Waals surface area (Å²) in [4.78, 5) is 20.6. The van der Waals surface area contributed by atoms with Crippen molar-refractivity contribution in [2.24, 2.45) is 0 Å². The molecular formula is C11H12ClN5O. The van der Waals surface area contributed by atoms with Gasteiger partial charge in [0.05, 0.1) is 30.0 Å². The topological polar surface area (TPSA) is 63.9 Å². The van der Waals surface area contributed by atoms with E-state index in [1.807, 2.05) is 6.92 Å². The van der Waals surface area contributed by atoms with Crippen molar-refractivity contribution in [1.29, 1.82) is 0 Å². The minimum atomic E-state index is -0.0509. The second-order valence-electron chi connectivity index (χ2n) is 3.83. The summed E-state index contributed by atoms with van der Waals surface area (Å²) in [5.41, 5.74) is 2.19. The van der Waals surface area contributed by atoms with Crippen molar-refractivity contribution in [1.82, 2.24) is 19.7 Å². The minimum absolute atomic E-state index is 0.0509.